The standard InChI is InChI=1S/C16H21NO5.C2H6/c1-16(2,20)21-10-6-3-7-11-22-17-14(18)12-8-4-5-9-13(12)15(17)19;1-2/h4-5,8-9,20H,3,6-7,10-11H2,1-2H3;1-2H3. The molecule has 24 heavy (non-hydrogen) atoms. The largest absolute Gasteiger partial charge is 0.366 e. The summed E-state index contributed by atoms with van der Waals surface area (Å²) in [5.41, 5.74) is 0.761. The van der Waals surface area contributed by atoms with Crippen LogP contribution in [0.15, 0.2) is 24.3 Å². The lowest BCUT2D eigenvalue weighted by Crippen LogP contribution is -2.30. The SMILES string of the molecule is CC.CC(C)(O)OCCCCCON1C(=O)c2ccccc2C1=O. The van der Waals surface area contributed by atoms with Crippen molar-refractivity contribution in [3.05, 3.63) is 35.4 Å². The number of ether oxygens (including phenoxy) is 1. The number of benzene rings is 1. The van der Waals surface area contributed by atoms with Crippen LogP contribution in [0.5, 0.6) is 0 Å². The van der Waals surface area contributed by atoms with Gasteiger partial charge in [-0.2, -0.15) is 0 Å². The van der Waals surface area contributed by atoms with E-state index in [1.54, 1.807) is 38.1 Å². The Morgan fingerprint density at radius 1 is 0.958 bits per heavy atom. The zero-order valence-electron chi connectivity index (χ0n) is 14.9. The molecule has 6 heteroatoms. The second-order valence-electron chi connectivity index (χ2n) is 5.64. The highest BCUT2D eigenvalue weighted by Gasteiger charge is 2.36. The molecule has 1 aromatic carbocycles. The molecule has 1 aliphatic heterocycles. The first-order valence-electron chi connectivity index (χ1n) is 8.37. The van der Waals surface area contributed by atoms with E-state index in [1.807, 2.05) is 13.8 Å². The first-order valence-corrected chi connectivity index (χ1v) is 8.37. The number of hydrogen-bond acceptors (Lipinski definition) is 5. The van der Waals surface area contributed by atoms with Crippen LogP contribution in [0.2, 0.25) is 0 Å². The van der Waals surface area contributed by atoms with Crippen LogP contribution in [-0.2, 0) is 9.57 Å². The molecule has 0 bridgehead atoms. The fourth-order valence-corrected chi connectivity index (χ4v) is 2.14. The van der Waals surface area contributed by atoms with Gasteiger partial charge in [-0.3, -0.25) is 14.4 Å². The highest BCUT2D eigenvalue weighted by Crippen LogP contribution is 2.22. The van der Waals surface area contributed by atoms with Gasteiger partial charge in [0.1, 0.15) is 0 Å². The van der Waals surface area contributed by atoms with Gasteiger partial charge in [-0.15, -0.1) is 5.06 Å². The maximum atomic E-state index is 12.0. The summed E-state index contributed by atoms with van der Waals surface area (Å²) in [5.74, 6) is -1.94. The Labute approximate surface area is 143 Å². The molecule has 0 fully saturated rings. The maximum absolute atomic E-state index is 12.0. The molecule has 1 aromatic rings. The molecule has 0 aliphatic carbocycles. The van der Waals surface area contributed by atoms with Crippen molar-refractivity contribution < 1.29 is 24.3 Å². The van der Waals surface area contributed by atoms with Gasteiger partial charge in [-0.1, -0.05) is 26.0 Å². The fraction of sp³-hybridized carbons (Fsp3) is 0.556. The molecule has 6 nitrogen and oxygen atoms in total. The molecule has 0 aromatic heterocycles. The first-order chi connectivity index (χ1) is 11.4. The van der Waals surface area contributed by atoms with Crippen LogP contribution < -0.4 is 0 Å². The monoisotopic (exact) mass is 337 g/mol. The van der Waals surface area contributed by atoms with Gasteiger partial charge < -0.3 is 9.84 Å². The zero-order valence-corrected chi connectivity index (χ0v) is 14.9. The van der Waals surface area contributed by atoms with Crippen molar-refractivity contribution in [3.63, 3.8) is 0 Å². The lowest BCUT2D eigenvalue weighted by molar-refractivity contribution is -0.176. The smallest absolute Gasteiger partial charge is 0.285 e. The van der Waals surface area contributed by atoms with Gasteiger partial charge in [0.25, 0.3) is 11.8 Å². The lowest BCUT2D eigenvalue weighted by Gasteiger charge is -2.18. The number of carbonyl (C=O) groups is 2. The predicted octanol–water partition coefficient (Wildman–Crippen LogP) is 3.16. The Morgan fingerprint density at radius 2 is 1.46 bits per heavy atom. The van der Waals surface area contributed by atoms with E-state index in [1.165, 1.54) is 0 Å². The number of hydroxylamine groups is 2. The molecule has 1 N–H and O–H groups in total. The van der Waals surface area contributed by atoms with Crippen molar-refractivity contribution in [2.75, 3.05) is 13.2 Å². The number of fused-ring (bicyclic) bond motifs is 1. The Morgan fingerprint density at radius 3 is 1.96 bits per heavy atom. The average molecular weight is 337 g/mol. The van der Waals surface area contributed by atoms with E-state index >= 15 is 0 Å². The van der Waals surface area contributed by atoms with Crippen molar-refractivity contribution in [2.45, 2.75) is 52.7 Å². The first kappa shape index (κ1) is 20.3. The summed E-state index contributed by atoms with van der Waals surface area (Å²) >= 11 is 0. The van der Waals surface area contributed by atoms with E-state index in [2.05, 4.69) is 0 Å². The fourth-order valence-electron chi connectivity index (χ4n) is 2.14. The third-order valence-corrected chi connectivity index (χ3v) is 3.22. The van der Waals surface area contributed by atoms with Crippen LogP contribution >= 0.6 is 0 Å². The summed E-state index contributed by atoms with van der Waals surface area (Å²) in [6.45, 7) is 7.90. The number of hydrogen-bond donors (Lipinski definition) is 1. The van der Waals surface area contributed by atoms with Gasteiger partial charge >= 0.3 is 0 Å². The Hall–Kier alpha value is -1.76. The van der Waals surface area contributed by atoms with Gasteiger partial charge in [0.2, 0.25) is 0 Å². The molecule has 0 saturated carbocycles. The summed E-state index contributed by atoms with van der Waals surface area (Å²) < 4.78 is 5.18. The third-order valence-electron chi connectivity index (χ3n) is 3.22. The lowest BCUT2D eigenvalue weighted by atomic mass is 10.1. The van der Waals surface area contributed by atoms with Crippen molar-refractivity contribution >= 4 is 11.8 Å². The van der Waals surface area contributed by atoms with E-state index in [0.717, 1.165) is 17.9 Å². The Balaban J connectivity index is 0.00000139. The van der Waals surface area contributed by atoms with Crippen LogP contribution in [0.3, 0.4) is 0 Å². The van der Waals surface area contributed by atoms with E-state index in [-0.39, 0.29) is 6.61 Å². The minimum atomic E-state index is -1.11. The van der Waals surface area contributed by atoms with Crippen LogP contribution in [0.1, 0.15) is 67.7 Å². The van der Waals surface area contributed by atoms with Gasteiger partial charge in [-0.25, -0.2) is 0 Å². The van der Waals surface area contributed by atoms with Gasteiger partial charge in [0, 0.05) is 6.61 Å². The number of aliphatic hydroxyl groups is 1. The Kier molecular flexibility index (Phi) is 8.04. The molecule has 1 heterocycles. The van der Waals surface area contributed by atoms with Crippen molar-refractivity contribution in [1.82, 2.24) is 5.06 Å². The predicted molar refractivity (Wildman–Crippen MR) is 90.3 cm³/mol. The molecule has 2 rings (SSSR count). The summed E-state index contributed by atoms with van der Waals surface area (Å²) in [6.07, 6.45) is 2.29. The number of imide groups is 1. The summed E-state index contributed by atoms with van der Waals surface area (Å²) in [5, 5.41) is 10.2. The van der Waals surface area contributed by atoms with Crippen LogP contribution in [0.25, 0.3) is 0 Å². The normalized spacial score (nSPS) is 13.6. The number of rotatable bonds is 8. The van der Waals surface area contributed by atoms with Crippen LogP contribution in [0.4, 0.5) is 0 Å². The molecule has 0 atom stereocenters. The minimum absolute atomic E-state index is 0.286. The highest BCUT2D eigenvalue weighted by atomic mass is 16.7. The van der Waals surface area contributed by atoms with Crippen LogP contribution in [0, 0.1) is 0 Å². The van der Waals surface area contributed by atoms with E-state index in [4.69, 9.17) is 9.57 Å². The molecule has 0 unspecified atom stereocenters. The summed E-state index contributed by atoms with van der Waals surface area (Å²) in [7, 11) is 0. The molecule has 134 valence electrons. The topological polar surface area (TPSA) is 76.1 Å². The summed E-state index contributed by atoms with van der Waals surface area (Å²) in [6, 6.07) is 6.67. The Bertz CT molecular complexity index is 516. The second kappa shape index (κ2) is 9.52. The van der Waals surface area contributed by atoms with Gasteiger partial charge in [0.05, 0.1) is 17.7 Å². The molecular formula is C18H27NO5. The number of amides is 2. The minimum Gasteiger partial charge on any atom is -0.366 e. The van der Waals surface area contributed by atoms with Crippen LogP contribution in [-0.4, -0.2) is 41.0 Å². The third kappa shape index (κ3) is 5.70. The number of nitrogens with zero attached hydrogens (tertiary/aromatic N) is 1. The van der Waals surface area contributed by atoms with Crippen molar-refractivity contribution in [2.24, 2.45) is 0 Å². The second-order valence-corrected chi connectivity index (χ2v) is 5.64. The molecule has 2 amide bonds. The molecule has 1 aliphatic rings. The quantitative estimate of drug-likeness (QED) is 0.448. The zero-order chi connectivity index (χ0) is 18.2. The number of unbranched alkanes of at least 4 members (excludes halogenated alkanes) is 2. The molecule has 0 saturated heterocycles. The maximum Gasteiger partial charge on any atom is 0.285 e. The van der Waals surface area contributed by atoms with Crippen molar-refractivity contribution in [1.29, 1.82) is 0 Å². The van der Waals surface area contributed by atoms with Gasteiger partial charge in [-0.05, 0) is 45.2 Å². The average Bonchev–Trinajstić information content (AvgIpc) is 2.80. The van der Waals surface area contributed by atoms with Crippen molar-refractivity contribution in [3.8, 4) is 0 Å². The molecular weight excluding hydrogens is 310 g/mol. The highest BCUT2D eigenvalue weighted by molar-refractivity contribution is 6.20. The van der Waals surface area contributed by atoms with Gasteiger partial charge in [0.15, 0.2) is 5.79 Å². The van der Waals surface area contributed by atoms with E-state index in [9.17, 15) is 14.7 Å². The molecule has 0 spiro atoms. The molecule has 0 radical (unpaired) electrons. The van der Waals surface area contributed by atoms with E-state index in [0.29, 0.717) is 24.2 Å². The summed E-state index contributed by atoms with van der Waals surface area (Å²) in [4.78, 5) is 29.3. The van der Waals surface area contributed by atoms with E-state index < -0.39 is 17.6 Å². The number of carbonyl (C=O) groups excluding carboxylic acids is 2.